The summed E-state index contributed by atoms with van der Waals surface area (Å²) in [6, 6.07) is 3.20. The lowest BCUT2D eigenvalue weighted by Gasteiger charge is -2.17. The molecule has 1 unspecified atom stereocenters. The average Bonchev–Trinajstić information content (AvgIpc) is 2.32. The molecule has 0 aromatic heterocycles. The Morgan fingerprint density at radius 2 is 2.11 bits per heavy atom. The van der Waals surface area contributed by atoms with E-state index >= 15 is 0 Å². The fourth-order valence-corrected chi connectivity index (χ4v) is 2.17. The molecule has 0 heterocycles. The maximum atomic E-state index is 11.6. The van der Waals surface area contributed by atoms with Crippen LogP contribution >= 0.6 is 15.9 Å². The first-order valence-electron chi connectivity index (χ1n) is 5.84. The van der Waals surface area contributed by atoms with Crippen LogP contribution in [0.2, 0.25) is 0 Å². The third-order valence-corrected chi connectivity index (χ3v) is 2.94. The summed E-state index contributed by atoms with van der Waals surface area (Å²) in [4.78, 5) is 22.8. The summed E-state index contributed by atoms with van der Waals surface area (Å²) >= 11 is 3.24. The number of aromatic carboxylic acids is 1. The van der Waals surface area contributed by atoms with Crippen LogP contribution in [0.15, 0.2) is 16.6 Å². The minimum Gasteiger partial charge on any atom is -0.480 e. The molecule has 1 amide bonds. The van der Waals surface area contributed by atoms with E-state index in [0.717, 1.165) is 0 Å². The number of rotatable bonds is 5. The van der Waals surface area contributed by atoms with Crippen molar-refractivity contribution in [3.63, 3.8) is 0 Å². The van der Waals surface area contributed by atoms with Crippen LogP contribution < -0.4 is 10.1 Å². The second-order valence-electron chi connectivity index (χ2n) is 4.06. The number of carbonyl (C=O) groups is 2. The molecule has 1 aromatic carbocycles. The molecule has 2 N–H and O–H groups in total. The van der Waals surface area contributed by atoms with Crippen LogP contribution in [0.25, 0.3) is 0 Å². The molecule has 0 aliphatic heterocycles. The van der Waals surface area contributed by atoms with Crippen LogP contribution in [0.5, 0.6) is 5.75 Å². The number of halogens is 1. The molecule has 0 saturated carbocycles. The monoisotopic (exact) mass is 329 g/mol. The molecule has 5 nitrogen and oxygen atoms in total. The number of carboxylic acids is 1. The Kier molecular flexibility index (Phi) is 5.35. The van der Waals surface area contributed by atoms with E-state index in [1.807, 2.05) is 0 Å². The van der Waals surface area contributed by atoms with Crippen molar-refractivity contribution in [1.82, 2.24) is 5.32 Å². The summed E-state index contributed by atoms with van der Waals surface area (Å²) in [5.74, 6) is -1.15. The fourth-order valence-electron chi connectivity index (χ4n) is 1.59. The van der Waals surface area contributed by atoms with Crippen molar-refractivity contribution < 1.29 is 19.4 Å². The third-order valence-electron chi connectivity index (χ3n) is 2.48. The Labute approximate surface area is 120 Å². The van der Waals surface area contributed by atoms with Gasteiger partial charge in [0.25, 0.3) is 5.91 Å². The number of carboxylic acid groups (broad SMARTS) is 1. The van der Waals surface area contributed by atoms with Crippen molar-refractivity contribution >= 4 is 27.8 Å². The van der Waals surface area contributed by atoms with Crippen molar-refractivity contribution in [2.45, 2.75) is 26.9 Å². The largest absolute Gasteiger partial charge is 0.480 e. The highest BCUT2D eigenvalue weighted by molar-refractivity contribution is 9.10. The third kappa shape index (κ3) is 3.96. The lowest BCUT2D eigenvalue weighted by Crippen LogP contribution is -2.36. The van der Waals surface area contributed by atoms with Crippen molar-refractivity contribution in [3.8, 4) is 5.75 Å². The molecule has 0 radical (unpaired) electrons. The van der Waals surface area contributed by atoms with Crippen LogP contribution in [0, 0.1) is 6.92 Å². The van der Waals surface area contributed by atoms with Crippen molar-refractivity contribution in [2.75, 3.05) is 6.54 Å². The minimum atomic E-state index is -1.09. The zero-order valence-corrected chi connectivity index (χ0v) is 12.6. The fraction of sp³-hybridized carbons (Fsp3) is 0.385. The van der Waals surface area contributed by atoms with Gasteiger partial charge in [-0.2, -0.15) is 0 Å². The maximum Gasteiger partial charge on any atom is 0.339 e. The van der Waals surface area contributed by atoms with Gasteiger partial charge in [-0.15, -0.1) is 0 Å². The predicted molar refractivity (Wildman–Crippen MR) is 74.6 cm³/mol. The summed E-state index contributed by atoms with van der Waals surface area (Å²) in [5, 5.41) is 11.8. The number of ether oxygens (including phenoxy) is 1. The van der Waals surface area contributed by atoms with Crippen LogP contribution in [0.4, 0.5) is 0 Å². The first-order chi connectivity index (χ1) is 8.86. The average molecular weight is 330 g/mol. The van der Waals surface area contributed by atoms with Gasteiger partial charge in [0, 0.05) is 11.0 Å². The van der Waals surface area contributed by atoms with Crippen LogP contribution in [-0.4, -0.2) is 29.6 Å². The molecule has 0 aliphatic carbocycles. The van der Waals surface area contributed by atoms with Crippen LogP contribution in [-0.2, 0) is 4.79 Å². The van der Waals surface area contributed by atoms with E-state index in [0.29, 0.717) is 16.6 Å². The highest BCUT2D eigenvalue weighted by Gasteiger charge is 2.20. The number of nitrogens with one attached hydrogen (secondary N) is 1. The second kappa shape index (κ2) is 6.56. The summed E-state index contributed by atoms with van der Waals surface area (Å²) in [6.45, 7) is 5.62. The van der Waals surface area contributed by atoms with Gasteiger partial charge < -0.3 is 15.2 Å². The molecule has 104 valence electrons. The number of benzene rings is 1. The minimum absolute atomic E-state index is 0.0306. The second-order valence-corrected chi connectivity index (χ2v) is 4.97. The molecular formula is C13H16BrNO4. The standard InChI is InChI=1S/C13H16BrNO4/c1-4-15-12(16)8(3)19-11-7(2)5-9(14)6-10(11)13(17)18/h5-6,8H,4H2,1-3H3,(H,15,16)(H,17,18). The number of aryl methyl sites for hydroxylation is 1. The summed E-state index contributed by atoms with van der Waals surface area (Å²) in [5.41, 5.74) is 0.686. The van der Waals surface area contributed by atoms with Crippen molar-refractivity contribution in [3.05, 3.63) is 27.7 Å². The normalized spacial score (nSPS) is 11.8. The molecule has 19 heavy (non-hydrogen) atoms. The SMILES string of the molecule is CCNC(=O)C(C)Oc1c(C)cc(Br)cc1C(=O)O. The molecule has 1 atom stereocenters. The molecule has 0 fully saturated rings. The molecule has 1 rings (SSSR count). The van der Waals surface area contributed by atoms with E-state index in [-0.39, 0.29) is 17.2 Å². The van der Waals surface area contributed by atoms with E-state index < -0.39 is 12.1 Å². The maximum absolute atomic E-state index is 11.6. The van der Waals surface area contributed by atoms with E-state index in [1.165, 1.54) is 6.07 Å². The van der Waals surface area contributed by atoms with Crippen molar-refractivity contribution in [1.29, 1.82) is 0 Å². The Hall–Kier alpha value is -1.56. The van der Waals surface area contributed by atoms with E-state index in [9.17, 15) is 9.59 Å². The highest BCUT2D eigenvalue weighted by Crippen LogP contribution is 2.29. The molecule has 1 aromatic rings. The number of carbonyl (C=O) groups excluding carboxylic acids is 1. The number of amides is 1. The molecule has 0 bridgehead atoms. The van der Waals surface area contributed by atoms with Gasteiger partial charge in [-0.05, 0) is 38.5 Å². The number of hydrogen-bond donors (Lipinski definition) is 2. The zero-order chi connectivity index (χ0) is 14.6. The lowest BCUT2D eigenvalue weighted by atomic mass is 10.1. The lowest BCUT2D eigenvalue weighted by molar-refractivity contribution is -0.127. The molecular weight excluding hydrogens is 314 g/mol. The van der Waals surface area contributed by atoms with Crippen LogP contribution in [0.1, 0.15) is 29.8 Å². The quantitative estimate of drug-likeness (QED) is 0.869. The molecule has 0 aliphatic rings. The van der Waals surface area contributed by atoms with Gasteiger partial charge >= 0.3 is 5.97 Å². The van der Waals surface area contributed by atoms with Gasteiger partial charge in [0.05, 0.1) is 0 Å². The van der Waals surface area contributed by atoms with Gasteiger partial charge in [0.2, 0.25) is 0 Å². The van der Waals surface area contributed by atoms with Gasteiger partial charge in [0.15, 0.2) is 6.10 Å². The smallest absolute Gasteiger partial charge is 0.339 e. The highest BCUT2D eigenvalue weighted by atomic mass is 79.9. The molecule has 0 spiro atoms. The summed E-state index contributed by atoms with van der Waals surface area (Å²) in [7, 11) is 0. The Bertz CT molecular complexity index is 502. The Balaban J connectivity index is 3.06. The first kappa shape index (κ1) is 15.5. The van der Waals surface area contributed by atoms with E-state index in [4.69, 9.17) is 9.84 Å². The van der Waals surface area contributed by atoms with E-state index in [2.05, 4.69) is 21.2 Å². The zero-order valence-electron chi connectivity index (χ0n) is 11.0. The van der Waals surface area contributed by atoms with E-state index in [1.54, 1.807) is 26.8 Å². The predicted octanol–water partition coefficient (Wildman–Crippen LogP) is 2.36. The van der Waals surface area contributed by atoms with Crippen LogP contribution in [0.3, 0.4) is 0 Å². The van der Waals surface area contributed by atoms with Crippen molar-refractivity contribution in [2.24, 2.45) is 0 Å². The van der Waals surface area contributed by atoms with Gasteiger partial charge in [-0.3, -0.25) is 4.79 Å². The van der Waals surface area contributed by atoms with Gasteiger partial charge in [-0.1, -0.05) is 15.9 Å². The summed E-state index contributed by atoms with van der Waals surface area (Å²) < 4.78 is 6.15. The Morgan fingerprint density at radius 1 is 1.47 bits per heavy atom. The molecule has 0 saturated heterocycles. The first-order valence-corrected chi connectivity index (χ1v) is 6.64. The topological polar surface area (TPSA) is 75.6 Å². The van der Waals surface area contributed by atoms with Gasteiger partial charge in [0.1, 0.15) is 11.3 Å². The summed E-state index contributed by atoms with van der Waals surface area (Å²) in [6.07, 6.45) is -0.752. The number of likely N-dealkylation sites (N-methyl/N-ethyl adjacent to an activating group) is 1. The number of hydrogen-bond acceptors (Lipinski definition) is 3. The Morgan fingerprint density at radius 3 is 2.63 bits per heavy atom. The molecule has 6 heteroatoms. The van der Waals surface area contributed by atoms with Gasteiger partial charge in [-0.25, -0.2) is 4.79 Å².